The minimum Gasteiger partial charge on any atom is -0.465 e. The molecule has 0 spiro atoms. The number of pyridine rings is 1. The van der Waals surface area contributed by atoms with Gasteiger partial charge < -0.3 is 4.74 Å². The molecule has 27 heavy (non-hydrogen) atoms. The van der Waals surface area contributed by atoms with Crippen LogP contribution in [-0.4, -0.2) is 22.8 Å². The molecule has 0 bridgehead atoms. The number of rotatable bonds is 6. The van der Waals surface area contributed by atoms with Crippen LogP contribution in [0.3, 0.4) is 0 Å². The molecule has 0 aliphatic heterocycles. The number of esters is 1. The average molecular weight is 394 g/mol. The zero-order valence-electron chi connectivity index (χ0n) is 14.7. The van der Waals surface area contributed by atoms with Crippen LogP contribution in [0.15, 0.2) is 41.4 Å². The second kappa shape index (κ2) is 8.91. The Balaban J connectivity index is 2.48. The topological polar surface area (TPSA) is 63.0 Å². The van der Waals surface area contributed by atoms with Crippen LogP contribution in [0.5, 0.6) is 0 Å². The summed E-state index contributed by atoms with van der Waals surface area (Å²) >= 11 is 0.790. The highest BCUT2D eigenvalue weighted by Crippen LogP contribution is 2.37. The smallest absolute Gasteiger partial charge is 0.417 e. The fourth-order valence-corrected chi connectivity index (χ4v) is 3.30. The highest BCUT2D eigenvalue weighted by atomic mass is 32.2. The molecule has 142 valence electrons. The summed E-state index contributed by atoms with van der Waals surface area (Å²) in [4.78, 5) is 16.1. The number of benzene rings is 1. The van der Waals surface area contributed by atoms with Crippen LogP contribution >= 0.6 is 11.8 Å². The standard InChI is InChI=1S/C19H17F3N2O2S/c1-3-26-18(25)12(2)27-17-15(11-23)16(19(20,21)22)10-14(24-17)9-13-7-5-4-6-8-13/h4-8,10,12H,3,9H2,1-2H3. The van der Waals surface area contributed by atoms with Crippen LogP contribution in [-0.2, 0) is 22.1 Å². The fourth-order valence-electron chi connectivity index (χ4n) is 2.36. The van der Waals surface area contributed by atoms with Crippen LogP contribution in [0.2, 0.25) is 0 Å². The minimum absolute atomic E-state index is 0.126. The first-order chi connectivity index (χ1) is 12.8. The van der Waals surface area contributed by atoms with Gasteiger partial charge in [-0.15, -0.1) is 0 Å². The van der Waals surface area contributed by atoms with Gasteiger partial charge in [0.25, 0.3) is 0 Å². The number of nitriles is 1. The summed E-state index contributed by atoms with van der Waals surface area (Å²) in [6, 6.07) is 11.4. The molecule has 4 nitrogen and oxygen atoms in total. The van der Waals surface area contributed by atoms with E-state index in [9.17, 15) is 23.2 Å². The Morgan fingerprint density at radius 3 is 2.56 bits per heavy atom. The van der Waals surface area contributed by atoms with Crippen molar-refractivity contribution >= 4 is 17.7 Å². The van der Waals surface area contributed by atoms with E-state index in [2.05, 4.69) is 4.98 Å². The lowest BCUT2D eigenvalue weighted by Crippen LogP contribution is -2.18. The SMILES string of the molecule is CCOC(=O)C(C)Sc1nc(Cc2ccccc2)cc(C(F)(F)F)c1C#N. The first kappa shape index (κ1) is 20.8. The van der Waals surface area contributed by atoms with Gasteiger partial charge >= 0.3 is 12.1 Å². The minimum atomic E-state index is -4.71. The Bertz CT molecular complexity index is 849. The highest BCUT2D eigenvalue weighted by molar-refractivity contribution is 8.00. The Morgan fingerprint density at radius 1 is 1.33 bits per heavy atom. The lowest BCUT2D eigenvalue weighted by Gasteiger charge is -2.16. The number of aromatic nitrogens is 1. The number of nitrogens with zero attached hydrogens (tertiary/aromatic N) is 2. The molecule has 1 aromatic carbocycles. The molecule has 0 saturated heterocycles. The number of carbonyl (C=O) groups excluding carboxylic acids is 1. The zero-order valence-corrected chi connectivity index (χ0v) is 15.5. The van der Waals surface area contributed by atoms with E-state index < -0.39 is 28.5 Å². The number of alkyl halides is 3. The van der Waals surface area contributed by atoms with Crippen LogP contribution < -0.4 is 0 Å². The lowest BCUT2D eigenvalue weighted by atomic mass is 10.0. The van der Waals surface area contributed by atoms with Crippen molar-refractivity contribution < 1.29 is 22.7 Å². The average Bonchev–Trinajstić information content (AvgIpc) is 2.61. The fraction of sp³-hybridized carbons (Fsp3) is 0.316. The van der Waals surface area contributed by atoms with Crippen LogP contribution in [0.25, 0.3) is 0 Å². The number of ether oxygens (including phenoxy) is 1. The van der Waals surface area contributed by atoms with E-state index in [0.29, 0.717) is 0 Å². The summed E-state index contributed by atoms with van der Waals surface area (Å²) in [5.41, 5.74) is -0.673. The van der Waals surface area contributed by atoms with Gasteiger partial charge in [0.15, 0.2) is 0 Å². The Kier molecular flexibility index (Phi) is 6.86. The molecular formula is C19H17F3N2O2S. The van der Waals surface area contributed by atoms with Gasteiger partial charge in [-0.25, -0.2) is 4.98 Å². The van der Waals surface area contributed by atoms with E-state index in [1.54, 1.807) is 43.3 Å². The summed E-state index contributed by atoms with van der Waals surface area (Å²) in [5.74, 6) is -0.574. The second-order valence-corrected chi connectivity index (χ2v) is 6.95. The van der Waals surface area contributed by atoms with Crippen molar-refractivity contribution in [1.29, 1.82) is 5.26 Å². The predicted molar refractivity (Wildman–Crippen MR) is 95.2 cm³/mol. The van der Waals surface area contributed by atoms with Crippen molar-refractivity contribution in [3.8, 4) is 6.07 Å². The predicted octanol–water partition coefficient (Wildman–Crippen LogP) is 4.61. The third kappa shape index (κ3) is 5.47. The first-order valence-corrected chi connectivity index (χ1v) is 9.02. The molecule has 0 aliphatic carbocycles. The molecule has 0 aliphatic rings. The first-order valence-electron chi connectivity index (χ1n) is 8.14. The summed E-state index contributed by atoms with van der Waals surface area (Å²) in [5, 5.41) is 8.36. The highest BCUT2D eigenvalue weighted by Gasteiger charge is 2.36. The summed E-state index contributed by atoms with van der Waals surface area (Å²) in [6.45, 7) is 3.29. The molecule has 2 rings (SSSR count). The molecule has 8 heteroatoms. The van der Waals surface area contributed by atoms with Crippen molar-refractivity contribution in [2.75, 3.05) is 6.61 Å². The Morgan fingerprint density at radius 2 is 2.00 bits per heavy atom. The summed E-state index contributed by atoms with van der Waals surface area (Å²) in [6.07, 6.45) is -4.53. The van der Waals surface area contributed by atoms with Crippen LogP contribution in [0.1, 0.15) is 36.2 Å². The molecule has 2 aromatic rings. The van der Waals surface area contributed by atoms with Gasteiger partial charge in [-0.05, 0) is 25.5 Å². The van der Waals surface area contributed by atoms with Crippen molar-refractivity contribution in [3.63, 3.8) is 0 Å². The molecule has 0 amide bonds. The van der Waals surface area contributed by atoms with Gasteiger partial charge in [-0.1, -0.05) is 42.1 Å². The molecule has 0 fully saturated rings. The van der Waals surface area contributed by atoms with E-state index in [-0.39, 0.29) is 23.7 Å². The Hall–Kier alpha value is -2.53. The van der Waals surface area contributed by atoms with E-state index in [1.807, 2.05) is 0 Å². The molecular weight excluding hydrogens is 377 g/mol. The van der Waals surface area contributed by atoms with E-state index >= 15 is 0 Å². The number of thioether (sulfide) groups is 1. The maximum absolute atomic E-state index is 13.5. The normalized spacial score (nSPS) is 12.3. The largest absolute Gasteiger partial charge is 0.465 e. The molecule has 1 atom stereocenters. The molecule has 1 unspecified atom stereocenters. The summed E-state index contributed by atoms with van der Waals surface area (Å²) < 4.78 is 45.3. The number of hydrogen-bond acceptors (Lipinski definition) is 5. The number of carbonyl (C=O) groups is 1. The Labute approximate surface area is 159 Å². The van der Waals surface area contributed by atoms with Crippen molar-refractivity contribution in [1.82, 2.24) is 4.98 Å². The molecule has 0 radical (unpaired) electrons. The number of hydrogen-bond donors (Lipinski definition) is 0. The van der Waals surface area contributed by atoms with Gasteiger partial charge in [-0.2, -0.15) is 18.4 Å². The van der Waals surface area contributed by atoms with Crippen molar-refractivity contribution in [3.05, 3.63) is 58.8 Å². The quantitative estimate of drug-likeness (QED) is 0.529. The molecule has 1 aromatic heterocycles. The van der Waals surface area contributed by atoms with Crippen molar-refractivity contribution in [2.45, 2.75) is 36.7 Å². The number of halogens is 3. The lowest BCUT2D eigenvalue weighted by molar-refractivity contribution is -0.142. The van der Waals surface area contributed by atoms with Gasteiger partial charge in [-0.3, -0.25) is 4.79 Å². The molecule has 1 heterocycles. The third-order valence-electron chi connectivity index (χ3n) is 3.59. The maximum atomic E-state index is 13.5. The monoisotopic (exact) mass is 394 g/mol. The van der Waals surface area contributed by atoms with Gasteiger partial charge in [0.1, 0.15) is 16.3 Å². The van der Waals surface area contributed by atoms with E-state index in [1.165, 1.54) is 6.92 Å². The summed E-state index contributed by atoms with van der Waals surface area (Å²) in [7, 11) is 0. The maximum Gasteiger partial charge on any atom is 0.417 e. The van der Waals surface area contributed by atoms with Gasteiger partial charge in [0.2, 0.25) is 0 Å². The molecule has 0 N–H and O–H groups in total. The zero-order chi connectivity index (χ0) is 20.0. The molecule has 0 saturated carbocycles. The van der Waals surface area contributed by atoms with E-state index in [0.717, 1.165) is 23.4 Å². The second-order valence-electron chi connectivity index (χ2n) is 5.63. The van der Waals surface area contributed by atoms with E-state index in [4.69, 9.17) is 4.74 Å². The third-order valence-corrected chi connectivity index (χ3v) is 4.66. The van der Waals surface area contributed by atoms with Crippen LogP contribution in [0.4, 0.5) is 13.2 Å². The van der Waals surface area contributed by atoms with Gasteiger partial charge in [0.05, 0.1) is 17.7 Å². The van der Waals surface area contributed by atoms with Gasteiger partial charge in [0, 0.05) is 12.1 Å². The van der Waals surface area contributed by atoms with Crippen LogP contribution in [0, 0.1) is 11.3 Å². The van der Waals surface area contributed by atoms with Crippen molar-refractivity contribution in [2.24, 2.45) is 0 Å².